The van der Waals surface area contributed by atoms with Crippen molar-refractivity contribution in [1.82, 2.24) is 15.5 Å². The van der Waals surface area contributed by atoms with Crippen molar-refractivity contribution in [2.75, 3.05) is 6.54 Å². The van der Waals surface area contributed by atoms with Gasteiger partial charge < -0.3 is 10.6 Å². The molecule has 4 rings (SSSR count). The number of hydrogen-bond acceptors (Lipinski definition) is 4. The monoisotopic (exact) mass is 443 g/mol. The third-order valence-electron chi connectivity index (χ3n) is 9.28. The van der Waals surface area contributed by atoms with Crippen LogP contribution in [0.3, 0.4) is 0 Å². The van der Waals surface area contributed by atoms with E-state index in [9.17, 15) is 14.4 Å². The lowest BCUT2D eigenvalue weighted by Gasteiger charge is -2.58. The summed E-state index contributed by atoms with van der Waals surface area (Å²) >= 11 is 0. The molecule has 2 N–H and O–H groups in total. The zero-order valence-electron chi connectivity index (χ0n) is 20.7. The number of fused-ring (bicyclic) bond motifs is 5. The van der Waals surface area contributed by atoms with Gasteiger partial charge in [-0.3, -0.25) is 14.5 Å². The van der Waals surface area contributed by atoms with Gasteiger partial charge in [-0.15, -0.1) is 0 Å². The standard InChI is InChI=1S/C26H41N3O3/c1-15(2)28-24(32)29(16(3)4)23(31)21-8-7-19-18-14-27-22-13-17(30)9-11-26(22,6)20(18)10-12-25(19,21)5/h13,15-16,18-21,27H,7-12,14H2,1-6H3,(H,28,32)/t18-,19-,20-,21+,25-,26+/m0/s1. The summed E-state index contributed by atoms with van der Waals surface area (Å²) in [6, 6.07) is -0.435. The van der Waals surface area contributed by atoms with Crippen molar-refractivity contribution in [2.45, 2.75) is 92.2 Å². The zero-order valence-corrected chi connectivity index (χ0v) is 20.7. The van der Waals surface area contributed by atoms with Gasteiger partial charge in [-0.25, -0.2) is 4.79 Å². The van der Waals surface area contributed by atoms with E-state index in [4.69, 9.17) is 0 Å². The Morgan fingerprint density at radius 2 is 1.81 bits per heavy atom. The topological polar surface area (TPSA) is 78.5 Å². The predicted molar refractivity (Wildman–Crippen MR) is 125 cm³/mol. The third-order valence-corrected chi connectivity index (χ3v) is 9.28. The number of nitrogens with zero attached hydrogens (tertiary/aromatic N) is 1. The molecule has 0 bridgehead atoms. The van der Waals surface area contributed by atoms with Gasteiger partial charge in [0.05, 0.1) is 0 Å². The summed E-state index contributed by atoms with van der Waals surface area (Å²) in [4.78, 5) is 40.1. The Bertz CT molecular complexity index is 834. The molecule has 1 aliphatic heterocycles. The van der Waals surface area contributed by atoms with Crippen molar-refractivity contribution in [1.29, 1.82) is 0 Å². The fraction of sp³-hybridized carbons (Fsp3) is 0.808. The molecule has 3 amide bonds. The second kappa shape index (κ2) is 8.18. The summed E-state index contributed by atoms with van der Waals surface area (Å²) in [7, 11) is 0. The van der Waals surface area contributed by atoms with Crippen LogP contribution in [0.4, 0.5) is 4.79 Å². The summed E-state index contributed by atoms with van der Waals surface area (Å²) in [5, 5.41) is 6.55. The number of piperidine rings is 1. The van der Waals surface area contributed by atoms with Crippen LogP contribution in [0.1, 0.15) is 80.1 Å². The number of carbonyl (C=O) groups is 3. The number of amides is 3. The average Bonchev–Trinajstić information content (AvgIpc) is 3.05. The van der Waals surface area contributed by atoms with Crippen LogP contribution < -0.4 is 10.6 Å². The second-order valence-corrected chi connectivity index (χ2v) is 11.8. The molecule has 178 valence electrons. The van der Waals surface area contributed by atoms with E-state index >= 15 is 0 Å². The molecular formula is C26H41N3O3. The maximum Gasteiger partial charge on any atom is 0.324 e. The van der Waals surface area contributed by atoms with Crippen molar-refractivity contribution >= 4 is 17.7 Å². The van der Waals surface area contributed by atoms with Crippen LogP contribution in [0.25, 0.3) is 0 Å². The minimum absolute atomic E-state index is 0.000397. The number of urea groups is 1. The average molecular weight is 444 g/mol. The molecule has 3 fully saturated rings. The Morgan fingerprint density at radius 3 is 2.47 bits per heavy atom. The molecule has 3 aliphatic carbocycles. The Kier molecular flexibility index (Phi) is 5.96. The number of rotatable bonds is 3. The minimum Gasteiger partial charge on any atom is -0.387 e. The minimum atomic E-state index is -0.269. The molecule has 6 atom stereocenters. The Balaban J connectivity index is 1.58. The normalized spacial score (nSPS) is 38.4. The van der Waals surface area contributed by atoms with E-state index in [2.05, 4.69) is 24.5 Å². The summed E-state index contributed by atoms with van der Waals surface area (Å²) in [6.07, 6.45) is 7.42. The molecular weight excluding hydrogens is 402 g/mol. The molecule has 0 aromatic heterocycles. The summed E-state index contributed by atoms with van der Waals surface area (Å²) in [5.74, 6) is 1.68. The molecule has 4 aliphatic rings. The maximum atomic E-state index is 13.8. The molecule has 0 radical (unpaired) electrons. The van der Waals surface area contributed by atoms with E-state index in [1.54, 1.807) is 0 Å². The first-order valence-electron chi connectivity index (χ1n) is 12.6. The van der Waals surface area contributed by atoms with Crippen molar-refractivity contribution in [3.63, 3.8) is 0 Å². The lowest BCUT2D eigenvalue weighted by atomic mass is 9.50. The van der Waals surface area contributed by atoms with E-state index in [-0.39, 0.29) is 46.6 Å². The van der Waals surface area contributed by atoms with Crippen molar-refractivity contribution < 1.29 is 14.4 Å². The molecule has 0 spiro atoms. The molecule has 6 heteroatoms. The molecule has 32 heavy (non-hydrogen) atoms. The molecule has 0 unspecified atom stereocenters. The fourth-order valence-corrected chi connectivity index (χ4v) is 7.62. The molecule has 0 aromatic rings. The van der Waals surface area contributed by atoms with Gasteiger partial charge in [0, 0.05) is 48.2 Å². The Labute approximate surface area is 192 Å². The number of carbonyl (C=O) groups excluding carboxylic acids is 3. The van der Waals surface area contributed by atoms with Crippen LogP contribution in [-0.2, 0) is 9.59 Å². The van der Waals surface area contributed by atoms with Gasteiger partial charge in [-0.05, 0) is 83.0 Å². The van der Waals surface area contributed by atoms with E-state index in [0.29, 0.717) is 24.2 Å². The van der Waals surface area contributed by atoms with Crippen molar-refractivity contribution in [3.8, 4) is 0 Å². The first-order chi connectivity index (χ1) is 15.0. The zero-order chi connectivity index (χ0) is 23.4. The van der Waals surface area contributed by atoms with E-state index in [0.717, 1.165) is 44.3 Å². The lowest BCUT2D eigenvalue weighted by Crippen LogP contribution is -2.58. The van der Waals surface area contributed by atoms with Crippen LogP contribution in [0, 0.1) is 34.5 Å². The number of ketones is 1. The predicted octanol–water partition coefficient (Wildman–Crippen LogP) is 4.26. The largest absolute Gasteiger partial charge is 0.387 e. The number of hydrogen-bond donors (Lipinski definition) is 2. The lowest BCUT2D eigenvalue weighted by molar-refractivity contribution is -0.141. The van der Waals surface area contributed by atoms with Gasteiger partial charge in [0.25, 0.3) is 0 Å². The molecule has 2 saturated carbocycles. The number of allylic oxidation sites excluding steroid dienone is 2. The van der Waals surface area contributed by atoms with Gasteiger partial charge in [0.15, 0.2) is 5.78 Å². The highest BCUT2D eigenvalue weighted by molar-refractivity contribution is 5.96. The summed E-state index contributed by atoms with van der Waals surface area (Å²) < 4.78 is 0. The fourth-order valence-electron chi connectivity index (χ4n) is 7.62. The highest BCUT2D eigenvalue weighted by Gasteiger charge is 2.61. The third kappa shape index (κ3) is 3.58. The first-order valence-corrected chi connectivity index (χ1v) is 12.6. The first kappa shape index (κ1) is 23.3. The Hall–Kier alpha value is -1.85. The van der Waals surface area contributed by atoms with Crippen LogP contribution in [0.5, 0.6) is 0 Å². The van der Waals surface area contributed by atoms with Crippen LogP contribution in [0.2, 0.25) is 0 Å². The van der Waals surface area contributed by atoms with Gasteiger partial charge in [0.2, 0.25) is 5.91 Å². The van der Waals surface area contributed by atoms with E-state index < -0.39 is 0 Å². The highest BCUT2D eigenvalue weighted by Crippen LogP contribution is 2.64. The number of imide groups is 1. The quantitative estimate of drug-likeness (QED) is 0.683. The highest BCUT2D eigenvalue weighted by atomic mass is 16.2. The molecule has 1 saturated heterocycles. The SMILES string of the molecule is CC(C)NC(=O)N(C(=O)[C@H]1CC[C@H]2[C@@H]3CNC4=CC(=O)CC[C@]4(C)[C@H]3CC[C@]12C)C(C)C. The van der Waals surface area contributed by atoms with Gasteiger partial charge in [-0.2, -0.15) is 0 Å². The van der Waals surface area contributed by atoms with E-state index in [1.807, 2.05) is 33.8 Å². The summed E-state index contributed by atoms with van der Waals surface area (Å²) in [5.41, 5.74) is 1.11. The van der Waals surface area contributed by atoms with Crippen molar-refractivity contribution in [2.24, 2.45) is 34.5 Å². The molecule has 0 aromatic carbocycles. The van der Waals surface area contributed by atoms with Gasteiger partial charge in [-0.1, -0.05) is 13.8 Å². The van der Waals surface area contributed by atoms with Crippen LogP contribution in [-0.4, -0.2) is 41.2 Å². The molecule has 1 heterocycles. The smallest absolute Gasteiger partial charge is 0.324 e. The summed E-state index contributed by atoms with van der Waals surface area (Å²) in [6.45, 7) is 13.2. The Morgan fingerprint density at radius 1 is 1.09 bits per heavy atom. The van der Waals surface area contributed by atoms with Crippen molar-refractivity contribution in [3.05, 3.63) is 11.8 Å². The van der Waals surface area contributed by atoms with Crippen LogP contribution in [0.15, 0.2) is 11.8 Å². The van der Waals surface area contributed by atoms with Crippen LogP contribution >= 0.6 is 0 Å². The molecule has 6 nitrogen and oxygen atoms in total. The second-order valence-electron chi connectivity index (χ2n) is 11.8. The van der Waals surface area contributed by atoms with E-state index in [1.165, 1.54) is 4.90 Å². The maximum absolute atomic E-state index is 13.8. The number of nitrogens with one attached hydrogen (secondary N) is 2. The van der Waals surface area contributed by atoms with Gasteiger partial charge >= 0.3 is 6.03 Å². The van der Waals surface area contributed by atoms with Gasteiger partial charge in [0.1, 0.15) is 0 Å².